The Morgan fingerprint density at radius 1 is 1.14 bits per heavy atom. The number of benzene rings is 2. The van der Waals surface area contributed by atoms with Gasteiger partial charge in [0.05, 0.1) is 23.1 Å². The van der Waals surface area contributed by atoms with Gasteiger partial charge in [0.15, 0.2) is 0 Å². The van der Waals surface area contributed by atoms with Gasteiger partial charge in [-0.2, -0.15) is 0 Å². The highest BCUT2D eigenvalue weighted by Gasteiger charge is 2.40. The van der Waals surface area contributed by atoms with E-state index in [0.29, 0.717) is 18.7 Å². The van der Waals surface area contributed by atoms with Gasteiger partial charge in [-0.15, -0.1) is 0 Å². The number of halogens is 1. The quantitative estimate of drug-likeness (QED) is 0.429. The van der Waals surface area contributed by atoms with Crippen LogP contribution in [-0.2, 0) is 22.3 Å². The summed E-state index contributed by atoms with van der Waals surface area (Å²) in [7, 11) is -1.36. The zero-order valence-electron chi connectivity index (χ0n) is 21.0. The van der Waals surface area contributed by atoms with Crippen LogP contribution in [0.3, 0.4) is 0 Å². The van der Waals surface area contributed by atoms with Crippen molar-refractivity contribution in [3.63, 3.8) is 0 Å². The van der Waals surface area contributed by atoms with Crippen molar-refractivity contribution in [2.75, 3.05) is 13.2 Å². The molecule has 0 bridgehead atoms. The summed E-state index contributed by atoms with van der Waals surface area (Å²) in [5.74, 6) is -0.860. The minimum Gasteiger partial charge on any atom is -0.461 e. The molecule has 4 rings (SSSR count). The van der Waals surface area contributed by atoms with E-state index in [4.69, 9.17) is 9.72 Å². The molecule has 1 aromatic heterocycles. The normalized spacial score (nSPS) is 16.6. The van der Waals surface area contributed by atoms with Crippen LogP contribution in [0.4, 0.5) is 4.39 Å². The number of hydrogen-bond donors (Lipinski definition) is 1. The number of aromatic nitrogens is 1. The molecule has 3 aromatic rings. The second-order valence-electron chi connectivity index (χ2n) is 9.71. The minimum absolute atomic E-state index is 0.0929. The highest BCUT2D eigenvalue weighted by Crippen LogP contribution is 2.44. The molecule has 0 spiro atoms. The molecule has 0 saturated carbocycles. The lowest BCUT2D eigenvalue weighted by Gasteiger charge is -2.30. The van der Waals surface area contributed by atoms with Crippen LogP contribution in [0, 0.1) is 5.82 Å². The summed E-state index contributed by atoms with van der Waals surface area (Å²) in [5.41, 5.74) is 4.67. The molecule has 2 heterocycles. The monoisotopic (exact) mass is 510 g/mol. The number of carbonyl (C=O) groups excluding carboxylic acids is 1. The summed E-state index contributed by atoms with van der Waals surface area (Å²) in [5, 5.41) is 9.89. The van der Waals surface area contributed by atoms with E-state index < -0.39 is 21.7 Å². The summed E-state index contributed by atoms with van der Waals surface area (Å²) in [6.45, 7) is 7.95. The lowest BCUT2D eigenvalue weighted by Crippen LogP contribution is -2.36. The van der Waals surface area contributed by atoms with Crippen molar-refractivity contribution >= 4 is 17.0 Å². The van der Waals surface area contributed by atoms with Crippen LogP contribution in [0.1, 0.15) is 61.8 Å². The molecule has 1 aliphatic rings. The number of aliphatic hydroxyl groups is 1. The fourth-order valence-electron chi connectivity index (χ4n) is 4.51. The maximum absolute atomic E-state index is 13.9. The van der Waals surface area contributed by atoms with Gasteiger partial charge in [0.2, 0.25) is 0 Å². The maximum Gasteiger partial charge on any atom is 0.356 e. The first-order valence-electron chi connectivity index (χ1n) is 12.0. The van der Waals surface area contributed by atoms with Crippen LogP contribution in [0.25, 0.3) is 22.4 Å². The zero-order valence-corrected chi connectivity index (χ0v) is 21.8. The summed E-state index contributed by atoms with van der Waals surface area (Å²) in [6.07, 6.45) is 0.367. The van der Waals surface area contributed by atoms with E-state index >= 15 is 0 Å². The van der Waals surface area contributed by atoms with E-state index in [1.165, 1.54) is 12.1 Å². The molecule has 0 unspecified atom stereocenters. The van der Waals surface area contributed by atoms with Gasteiger partial charge >= 0.3 is 5.97 Å². The van der Waals surface area contributed by atoms with E-state index in [1.807, 2.05) is 55.4 Å². The fraction of sp³-hybridized carbons (Fsp3) is 0.357. The summed E-state index contributed by atoms with van der Waals surface area (Å²) in [6, 6.07) is 15.3. The summed E-state index contributed by atoms with van der Waals surface area (Å²) >= 11 is 0. The third kappa shape index (κ3) is 5.26. The Morgan fingerprint density at radius 2 is 1.81 bits per heavy atom. The lowest BCUT2D eigenvalue weighted by molar-refractivity contribution is 0.0519. The van der Waals surface area contributed by atoms with Crippen LogP contribution < -0.4 is 0 Å². The highest BCUT2D eigenvalue weighted by atomic mass is 32.2. The minimum atomic E-state index is -1.36. The van der Waals surface area contributed by atoms with Crippen LogP contribution in [0.5, 0.6) is 0 Å². The van der Waals surface area contributed by atoms with Gasteiger partial charge in [-0.3, -0.25) is 0 Å². The summed E-state index contributed by atoms with van der Waals surface area (Å²) in [4.78, 5) is 17.4. The molecule has 0 aliphatic carbocycles. The standard InChI is InChI=1S/C28H31FN2O4S/c1-5-35-27(33)23-16-21-17-31(36(34)28(2,3)4)24(12-13-32)25(21)26(30-23)20-10-6-8-18(14-20)19-9-7-11-22(29)15-19/h6-11,14-16,24,32H,5,12-13,17H2,1-4H3/t24-,36-/m1/s1. The van der Waals surface area contributed by atoms with E-state index in [1.54, 1.807) is 19.1 Å². The van der Waals surface area contributed by atoms with Crippen LogP contribution in [-0.4, -0.2) is 42.5 Å². The van der Waals surface area contributed by atoms with Gasteiger partial charge in [0, 0.05) is 24.3 Å². The number of nitrogens with zero attached hydrogens (tertiary/aromatic N) is 2. The number of fused-ring (bicyclic) bond motifs is 1. The number of esters is 1. The molecular formula is C28H31FN2O4S. The maximum atomic E-state index is 13.9. The molecule has 190 valence electrons. The molecule has 0 saturated heterocycles. The average Bonchev–Trinajstić information content (AvgIpc) is 3.21. The Hall–Kier alpha value is -2.94. The first-order valence-corrected chi connectivity index (χ1v) is 13.1. The Morgan fingerprint density at radius 3 is 2.44 bits per heavy atom. The lowest BCUT2D eigenvalue weighted by atomic mass is 9.94. The number of aliphatic hydroxyl groups excluding tert-OH is 1. The van der Waals surface area contributed by atoms with E-state index in [2.05, 4.69) is 0 Å². The Bertz CT molecular complexity index is 1300. The smallest absolute Gasteiger partial charge is 0.356 e. The Kier molecular flexibility index (Phi) is 7.68. The fourth-order valence-corrected chi connectivity index (χ4v) is 5.91. The number of rotatable bonds is 7. The SMILES string of the molecule is CCOC(=O)c1cc2c(c(-c3cccc(-c4cccc(F)c4)c3)n1)[C@@H](CCO)N([S@](=O)C(C)(C)C)C2. The zero-order chi connectivity index (χ0) is 26.0. The van der Waals surface area contributed by atoms with Crippen molar-refractivity contribution in [3.8, 4) is 22.4 Å². The molecule has 2 atom stereocenters. The molecule has 0 amide bonds. The summed E-state index contributed by atoms with van der Waals surface area (Å²) < 4.78 is 34.0. The van der Waals surface area contributed by atoms with Gasteiger partial charge in [-0.1, -0.05) is 30.3 Å². The average molecular weight is 511 g/mol. The third-order valence-corrected chi connectivity index (χ3v) is 7.93. The molecular weight excluding hydrogens is 479 g/mol. The molecule has 1 aliphatic heterocycles. The topological polar surface area (TPSA) is 79.7 Å². The highest BCUT2D eigenvalue weighted by molar-refractivity contribution is 7.84. The number of pyridine rings is 1. The van der Waals surface area contributed by atoms with Crippen molar-refractivity contribution in [3.05, 3.63) is 77.2 Å². The molecule has 1 N–H and O–H groups in total. The number of hydrogen-bond acceptors (Lipinski definition) is 5. The van der Waals surface area contributed by atoms with Gasteiger partial charge in [-0.25, -0.2) is 22.7 Å². The van der Waals surface area contributed by atoms with Crippen molar-refractivity contribution in [1.29, 1.82) is 0 Å². The number of ether oxygens (including phenoxy) is 1. The first kappa shape index (κ1) is 26.1. The third-order valence-electron chi connectivity index (χ3n) is 6.07. The number of carbonyl (C=O) groups is 1. The molecule has 0 fully saturated rings. The van der Waals surface area contributed by atoms with Crippen molar-refractivity contribution in [2.24, 2.45) is 0 Å². The molecule has 0 radical (unpaired) electrons. The second kappa shape index (κ2) is 10.6. The second-order valence-corrected chi connectivity index (χ2v) is 11.9. The predicted molar refractivity (Wildman–Crippen MR) is 139 cm³/mol. The van der Waals surface area contributed by atoms with Crippen molar-refractivity contribution < 1.29 is 23.2 Å². The van der Waals surface area contributed by atoms with Crippen LogP contribution in [0.2, 0.25) is 0 Å². The molecule has 2 aromatic carbocycles. The van der Waals surface area contributed by atoms with Crippen LogP contribution in [0.15, 0.2) is 54.6 Å². The van der Waals surface area contributed by atoms with Gasteiger partial charge in [-0.05, 0) is 75.1 Å². The Balaban J connectivity index is 1.90. The predicted octanol–water partition coefficient (Wildman–Crippen LogP) is 5.43. The van der Waals surface area contributed by atoms with Crippen molar-refractivity contribution in [2.45, 2.75) is 51.4 Å². The largest absolute Gasteiger partial charge is 0.461 e. The Labute approximate surface area is 213 Å². The van der Waals surface area contributed by atoms with Crippen molar-refractivity contribution in [1.82, 2.24) is 9.29 Å². The van der Waals surface area contributed by atoms with Gasteiger partial charge in [0.1, 0.15) is 22.5 Å². The van der Waals surface area contributed by atoms with Gasteiger partial charge in [0.25, 0.3) is 0 Å². The molecule has 36 heavy (non-hydrogen) atoms. The molecule has 8 heteroatoms. The van der Waals surface area contributed by atoms with E-state index in [0.717, 1.165) is 27.8 Å². The van der Waals surface area contributed by atoms with Gasteiger partial charge < -0.3 is 9.84 Å². The van der Waals surface area contributed by atoms with E-state index in [-0.39, 0.29) is 30.8 Å². The molecule has 6 nitrogen and oxygen atoms in total. The first-order chi connectivity index (χ1) is 17.1. The van der Waals surface area contributed by atoms with E-state index in [9.17, 15) is 18.5 Å². The van der Waals surface area contributed by atoms with Crippen LogP contribution >= 0.6 is 0 Å².